The highest BCUT2D eigenvalue weighted by Gasteiger charge is 2.09. The summed E-state index contributed by atoms with van der Waals surface area (Å²) in [7, 11) is 0. The fourth-order valence-electron chi connectivity index (χ4n) is 1.33. The maximum absolute atomic E-state index is 6.07. The van der Waals surface area contributed by atoms with Crippen LogP contribution in [-0.4, -0.2) is 4.98 Å². The van der Waals surface area contributed by atoms with Crippen LogP contribution in [0.5, 0.6) is 0 Å². The van der Waals surface area contributed by atoms with E-state index in [-0.39, 0.29) is 0 Å². The summed E-state index contributed by atoms with van der Waals surface area (Å²) in [6, 6.07) is 8.94. The van der Waals surface area contributed by atoms with Crippen molar-refractivity contribution in [3.8, 4) is 11.3 Å². The summed E-state index contributed by atoms with van der Waals surface area (Å²) >= 11 is 12.0. The second-order valence-corrected chi connectivity index (χ2v) is 3.83. The van der Waals surface area contributed by atoms with Crippen molar-refractivity contribution < 1.29 is 0 Å². The number of rotatable bonds is 1. The Morgan fingerprint density at radius 1 is 1.07 bits per heavy atom. The van der Waals surface area contributed by atoms with Gasteiger partial charge in [-0.3, -0.25) is 4.98 Å². The topological polar surface area (TPSA) is 38.9 Å². The molecule has 0 bridgehead atoms. The molecule has 0 aliphatic rings. The van der Waals surface area contributed by atoms with Gasteiger partial charge in [0.05, 0.1) is 21.4 Å². The van der Waals surface area contributed by atoms with Crippen LogP contribution in [0.4, 0.5) is 5.69 Å². The average Bonchev–Trinajstić information content (AvgIpc) is 2.23. The van der Waals surface area contributed by atoms with Crippen LogP contribution in [0.1, 0.15) is 0 Å². The van der Waals surface area contributed by atoms with Crippen LogP contribution in [0.2, 0.25) is 10.0 Å². The molecule has 2 rings (SSSR count). The number of hydrogen-bond acceptors (Lipinski definition) is 2. The number of pyridine rings is 1. The van der Waals surface area contributed by atoms with Crippen molar-refractivity contribution in [1.82, 2.24) is 4.98 Å². The SMILES string of the molecule is Nc1cccnc1-c1cccc(Cl)c1Cl. The minimum absolute atomic E-state index is 0.476. The molecule has 1 aromatic heterocycles. The summed E-state index contributed by atoms with van der Waals surface area (Å²) in [5.74, 6) is 0. The largest absolute Gasteiger partial charge is 0.397 e. The Hall–Kier alpha value is -1.25. The van der Waals surface area contributed by atoms with Gasteiger partial charge in [-0.05, 0) is 18.2 Å². The summed E-state index contributed by atoms with van der Waals surface area (Å²) in [6.45, 7) is 0. The zero-order chi connectivity index (χ0) is 10.8. The van der Waals surface area contributed by atoms with E-state index in [9.17, 15) is 0 Å². The summed E-state index contributed by atoms with van der Waals surface area (Å²) in [5, 5.41) is 0.976. The van der Waals surface area contributed by atoms with E-state index in [0.717, 1.165) is 5.56 Å². The van der Waals surface area contributed by atoms with Gasteiger partial charge >= 0.3 is 0 Å². The van der Waals surface area contributed by atoms with Crippen LogP contribution in [0.3, 0.4) is 0 Å². The molecule has 0 aliphatic heterocycles. The zero-order valence-corrected chi connectivity index (χ0v) is 9.26. The molecule has 0 radical (unpaired) electrons. The first kappa shape index (κ1) is 10.3. The predicted molar refractivity (Wildman–Crippen MR) is 64.1 cm³/mol. The van der Waals surface area contributed by atoms with Crippen molar-refractivity contribution in [3.05, 3.63) is 46.6 Å². The first-order valence-electron chi connectivity index (χ1n) is 4.35. The lowest BCUT2D eigenvalue weighted by molar-refractivity contribution is 1.33. The maximum Gasteiger partial charge on any atom is 0.0946 e. The third kappa shape index (κ3) is 1.91. The van der Waals surface area contributed by atoms with E-state index >= 15 is 0 Å². The lowest BCUT2D eigenvalue weighted by Gasteiger charge is -2.07. The monoisotopic (exact) mass is 238 g/mol. The second-order valence-electron chi connectivity index (χ2n) is 3.04. The third-order valence-electron chi connectivity index (χ3n) is 2.05. The van der Waals surface area contributed by atoms with Gasteiger partial charge in [0.1, 0.15) is 0 Å². The number of hydrogen-bond donors (Lipinski definition) is 1. The smallest absolute Gasteiger partial charge is 0.0946 e. The number of anilines is 1. The van der Waals surface area contributed by atoms with Gasteiger partial charge in [0, 0.05) is 11.8 Å². The second kappa shape index (κ2) is 4.09. The summed E-state index contributed by atoms with van der Waals surface area (Å²) in [5.41, 5.74) is 7.80. The molecule has 0 aliphatic carbocycles. The fourth-order valence-corrected chi connectivity index (χ4v) is 1.72. The van der Waals surface area contributed by atoms with Crippen molar-refractivity contribution in [1.29, 1.82) is 0 Å². The van der Waals surface area contributed by atoms with Gasteiger partial charge in [-0.25, -0.2) is 0 Å². The number of nitrogen functional groups attached to an aromatic ring is 1. The van der Waals surface area contributed by atoms with E-state index in [2.05, 4.69) is 4.98 Å². The Bertz CT molecular complexity index is 498. The predicted octanol–water partition coefficient (Wildman–Crippen LogP) is 3.64. The third-order valence-corrected chi connectivity index (χ3v) is 2.86. The van der Waals surface area contributed by atoms with Crippen LogP contribution in [-0.2, 0) is 0 Å². The van der Waals surface area contributed by atoms with E-state index in [4.69, 9.17) is 28.9 Å². The van der Waals surface area contributed by atoms with Crippen LogP contribution >= 0.6 is 23.2 Å². The number of halogens is 2. The van der Waals surface area contributed by atoms with Gasteiger partial charge < -0.3 is 5.73 Å². The van der Waals surface area contributed by atoms with E-state index in [0.29, 0.717) is 21.4 Å². The molecule has 15 heavy (non-hydrogen) atoms. The van der Waals surface area contributed by atoms with Crippen molar-refractivity contribution in [2.45, 2.75) is 0 Å². The van der Waals surface area contributed by atoms with E-state index < -0.39 is 0 Å². The molecule has 2 aromatic rings. The molecule has 0 atom stereocenters. The summed E-state index contributed by atoms with van der Waals surface area (Å²) < 4.78 is 0. The number of benzene rings is 1. The fraction of sp³-hybridized carbons (Fsp3) is 0. The summed E-state index contributed by atoms with van der Waals surface area (Å²) in [6.07, 6.45) is 1.67. The minimum atomic E-state index is 0.476. The van der Waals surface area contributed by atoms with Gasteiger partial charge in [0.25, 0.3) is 0 Å². The standard InChI is InChI=1S/C11H8Cl2N2/c12-8-4-1-3-7(10(8)13)11-9(14)5-2-6-15-11/h1-6H,14H2. The van der Waals surface area contributed by atoms with Gasteiger partial charge in [-0.2, -0.15) is 0 Å². The molecule has 0 saturated carbocycles. The minimum Gasteiger partial charge on any atom is -0.397 e. The molecule has 0 spiro atoms. The molecule has 0 fully saturated rings. The van der Waals surface area contributed by atoms with Crippen LogP contribution in [0.25, 0.3) is 11.3 Å². The molecule has 2 nitrogen and oxygen atoms in total. The Labute approximate surface area is 97.7 Å². The highest BCUT2D eigenvalue weighted by Crippen LogP contribution is 2.34. The molecule has 76 valence electrons. The molecular weight excluding hydrogens is 231 g/mol. The van der Waals surface area contributed by atoms with Gasteiger partial charge in [-0.1, -0.05) is 35.3 Å². The molecule has 2 N–H and O–H groups in total. The quantitative estimate of drug-likeness (QED) is 0.825. The highest BCUT2D eigenvalue weighted by atomic mass is 35.5. The van der Waals surface area contributed by atoms with Crippen molar-refractivity contribution in [2.75, 3.05) is 5.73 Å². The lowest BCUT2D eigenvalue weighted by Crippen LogP contribution is -1.93. The molecule has 1 aromatic carbocycles. The van der Waals surface area contributed by atoms with Gasteiger partial charge in [0.15, 0.2) is 0 Å². The number of aromatic nitrogens is 1. The van der Waals surface area contributed by atoms with Crippen LogP contribution in [0, 0.1) is 0 Å². The number of nitrogens with two attached hydrogens (primary N) is 1. The van der Waals surface area contributed by atoms with Crippen LogP contribution in [0.15, 0.2) is 36.5 Å². The molecule has 1 heterocycles. The summed E-state index contributed by atoms with van der Waals surface area (Å²) in [4.78, 5) is 4.18. The van der Waals surface area contributed by atoms with Gasteiger partial charge in [0.2, 0.25) is 0 Å². The van der Waals surface area contributed by atoms with Crippen molar-refractivity contribution in [2.24, 2.45) is 0 Å². The Kier molecular flexibility index (Phi) is 2.80. The Morgan fingerprint density at radius 3 is 2.60 bits per heavy atom. The zero-order valence-electron chi connectivity index (χ0n) is 7.74. The van der Waals surface area contributed by atoms with Gasteiger partial charge in [-0.15, -0.1) is 0 Å². The van der Waals surface area contributed by atoms with Crippen LogP contribution < -0.4 is 5.73 Å². The molecule has 4 heteroatoms. The normalized spacial score (nSPS) is 10.3. The number of nitrogens with zero attached hydrogens (tertiary/aromatic N) is 1. The van der Waals surface area contributed by atoms with Crippen molar-refractivity contribution >= 4 is 28.9 Å². The molecule has 0 saturated heterocycles. The molecule has 0 amide bonds. The maximum atomic E-state index is 6.07. The van der Waals surface area contributed by atoms with Crippen molar-refractivity contribution in [3.63, 3.8) is 0 Å². The first-order valence-corrected chi connectivity index (χ1v) is 5.10. The molecule has 0 unspecified atom stereocenters. The highest BCUT2D eigenvalue weighted by molar-refractivity contribution is 6.43. The average molecular weight is 239 g/mol. The van der Waals surface area contributed by atoms with E-state index in [1.165, 1.54) is 0 Å². The first-order chi connectivity index (χ1) is 7.20. The molecular formula is C11H8Cl2N2. The van der Waals surface area contributed by atoms with E-state index in [1.807, 2.05) is 12.1 Å². The Balaban J connectivity index is 2.65. The lowest BCUT2D eigenvalue weighted by atomic mass is 10.1. The Morgan fingerprint density at radius 2 is 1.87 bits per heavy atom. The van der Waals surface area contributed by atoms with E-state index in [1.54, 1.807) is 24.4 Å².